The summed E-state index contributed by atoms with van der Waals surface area (Å²) in [6.07, 6.45) is 0.365. The molecule has 3 nitrogen and oxygen atoms in total. The van der Waals surface area contributed by atoms with Gasteiger partial charge in [0.15, 0.2) is 0 Å². The third kappa shape index (κ3) is 3.46. The van der Waals surface area contributed by atoms with Gasteiger partial charge in [-0.15, -0.1) is 11.3 Å². The molecular formula is C18H14FNO2S. The molecule has 0 saturated carbocycles. The maximum atomic E-state index is 13.0. The van der Waals surface area contributed by atoms with E-state index < -0.39 is 5.97 Å². The van der Waals surface area contributed by atoms with Crippen molar-refractivity contribution in [1.29, 1.82) is 0 Å². The van der Waals surface area contributed by atoms with Gasteiger partial charge in [0, 0.05) is 12.0 Å². The highest BCUT2D eigenvalue weighted by Gasteiger charge is 2.18. The molecule has 3 rings (SSSR count). The molecule has 3 aromatic rings. The molecule has 5 heteroatoms. The fourth-order valence-electron chi connectivity index (χ4n) is 2.25. The van der Waals surface area contributed by atoms with Gasteiger partial charge in [0.2, 0.25) is 0 Å². The van der Waals surface area contributed by atoms with Crippen molar-refractivity contribution in [1.82, 2.24) is 4.98 Å². The fraction of sp³-hybridized carbons (Fsp3) is 0.111. The van der Waals surface area contributed by atoms with Crippen molar-refractivity contribution < 1.29 is 14.3 Å². The van der Waals surface area contributed by atoms with Gasteiger partial charge in [0.1, 0.15) is 15.7 Å². The third-order valence-corrected chi connectivity index (χ3v) is 4.61. The summed E-state index contributed by atoms with van der Waals surface area (Å²) in [7, 11) is 0. The lowest BCUT2D eigenvalue weighted by Gasteiger charge is -2.00. The first-order valence-corrected chi connectivity index (χ1v) is 7.89. The quantitative estimate of drug-likeness (QED) is 0.765. The monoisotopic (exact) mass is 327 g/mol. The maximum Gasteiger partial charge on any atom is 0.347 e. The van der Waals surface area contributed by atoms with Gasteiger partial charge in [-0.3, -0.25) is 0 Å². The molecule has 0 aliphatic rings. The number of hydrogen-bond donors (Lipinski definition) is 1. The molecule has 116 valence electrons. The molecule has 0 fully saturated rings. The summed E-state index contributed by atoms with van der Waals surface area (Å²) in [5.74, 6) is -1.30. The molecule has 0 spiro atoms. The van der Waals surface area contributed by atoms with Gasteiger partial charge in [-0.05, 0) is 24.6 Å². The fourth-order valence-corrected chi connectivity index (χ4v) is 3.18. The van der Waals surface area contributed by atoms with Crippen LogP contribution >= 0.6 is 11.3 Å². The summed E-state index contributed by atoms with van der Waals surface area (Å²) in [6.45, 7) is 1.99. The number of aromatic nitrogens is 1. The number of thiazole rings is 1. The van der Waals surface area contributed by atoms with Crippen LogP contribution in [0.3, 0.4) is 0 Å². The zero-order chi connectivity index (χ0) is 16.4. The second-order valence-electron chi connectivity index (χ2n) is 5.27. The smallest absolute Gasteiger partial charge is 0.347 e. The number of hydrogen-bond acceptors (Lipinski definition) is 3. The minimum Gasteiger partial charge on any atom is -0.477 e. The summed E-state index contributed by atoms with van der Waals surface area (Å²) in [5, 5.41) is 10.1. The van der Waals surface area contributed by atoms with E-state index in [1.54, 1.807) is 12.1 Å². The van der Waals surface area contributed by atoms with E-state index in [4.69, 9.17) is 0 Å². The Balaban J connectivity index is 1.97. The highest BCUT2D eigenvalue weighted by molar-refractivity contribution is 7.17. The number of aryl methyl sites for hydroxylation is 1. The molecule has 0 atom stereocenters. The summed E-state index contributed by atoms with van der Waals surface area (Å²) in [4.78, 5) is 16.2. The van der Waals surface area contributed by atoms with E-state index in [-0.39, 0.29) is 10.7 Å². The Kier molecular flexibility index (Phi) is 4.21. The Bertz CT molecular complexity index is 838. The Morgan fingerprint density at radius 3 is 2.39 bits per heavy atom. The number of carboxylic acid groups (broad SMARTS) is 1. The Hall–Kier alpha value is -2.53. The van der Waals surface area contributed by atoms with E-state index >= 15 is 0 Å². The summed E-state index contributed by atoms with van der Waals surface area (Å²) >= 11 is 1.16. The minimum absolute atomic E-state index is 0.227. The molecule has 0 unspecified atom stereocenters. The zero-order valence-electron chi connectivity index (χ0n) is 12.4. The van der Waals surface area contributed by atoms with Gasteiger partial charge in [0.25, 0.3) is 0 Å². The lowest BCUT2D eigenvalue weighted by molar-refractivity contribution is 0.0701. The van der Waals surface area contributed by atoms with Crippen molar-refractivity contribution in [3.8, 4) is 10.6 Å². The van der Waals surface area contributed by atoms with Gasteiger partial charge in [0.05, 0.1) is 5.69 Å². The van der Waals surface area contributed by atoms with Gasteiger partial charge < -0.3 is 5.11 Å². The van der Waals surface area contributed by atoms with Crippen LogP contribution in [-0.4, -0.2) is 16.1 Å². The molecule has 1 aromatic heterocycles. The van der Waals surface area contributed by atoms with Crippen LogP contribution < -0.4 is 0 Å². The maximum absolute atomic E-state index is 13.0. The molecular weight excluding hydrogens is 313 g/mol. The number of carbonyl (C=O) groups is 1. The highest BCUT2D eigenvalue weighted by Crippen LogP contribution is 2.29. The average Bonchev–Trinajstić information content (AvgIpc) is 2.94. The molecule has 0 amide bonds. The van der Waals surface area contributed by atoms with Crippen molar-refractivity contribution in [2.75, 3.05) is 0 Å². The lowest BCUT2D eigenvalue weighted by Crippen LogP contribution is -2.00. The molecule has 0 aliphatic heterocycles. The molecule has 0 saturated heterocycles. The van der Waals surface area contributed by atoms with Gasteiger partial charge in [-0.25, -0.2) is 14.2 Å². The predicted octanol–water partition coefficient (Wildman–Crippen LogP) is 4.55. The van der Waals surface area contributed by atoms with Crippen LogP contribution in [-0.2, 0) is 6.42 Å². The van der Waals surface area contributed by atoms with Crippen LogP contribution in [0.25, 0.3) is 10.6 Å². The number of rotatable bonds is 4. The van der Waals surface area contributed by atoms with Crippen LogP contribution in [0.1, 0.15) is 26.5 Å². The van der Waals surface area contributed by atoms with Crippen LogP contribution in [0.2, 0.25) is 0 Å². The molecule has 0 bridgehead atoms. The van der Waals surface area contributed by atoms with Crippen molar-refractivity contribution in [3.63, 3.8) is 0 Å². The molecule has 2 aromatic carbocycles. The van der Waals surface area contributed by atoms with Crippen molar-refractivity contribution in [2.24, 2.45) is 0 Å². The molecule has 0 aliphatic carbocycles. The Morgan fingerprint density at radius 2 is 1.78 bits per heavy atom. The molecule has 23 heavy (non-hydrogen) atoms. The lowest BCUT2D eigenvalue weighted by atomic mass is 10.1. The van der Waals surface area contributed by atoms with Crippen LogP contribution in [0.15, 0.2) is 48.5 Å². The summed E-state index contributed by atoms with van der Waals surface area (Å²) < 4.78 is 13.0. The minimum atomic E-state index is -0.988. The van der Waals surface area contributed by atoms with E-state index in [2.05, 4.69) is 4.98 Å². The topological polar surface area (TPSA) is 50.2 Å². The van der Waals surface area contributed by atoms with Crippen molar-refractivity contribution in [2.45, 2.75) is 13.3 Å². The van der Waals surface area contributed by atoms with E-state index in [9.17, 15) is 14.3 Å². The normalized spacial score (nSPS) is 10.7. The highest BCUT2D eigenvalue weighted by atomic mass is 32.1. The van der Waals surface area contributed by atoms with Gasteiger partial charge in [-0.1, -0.05) is 42.0 Å². The molecule has 0 radical (unpaired) electrons. The first kappa shape index (κ1) is 15.4. The van der Waals surface area contributed by atoms with Crippen LogP contribution in [0.4, 0.5) is 4.39 Å². The predicted molar refractivity (Wildman–Crippen MR) is 88.5 cm³/mol. The Morgan fingerprint density at radius 1 is 1.13 bits per heavy atom. The second-order valence-corrected chi connectivity index (χ2v) is 6.27. The van der Waals surface area contributed by atoms with Crippen LogP contribution in [0.5, 0.6) is 0 Å². The van der Waals surface area contributed by atoms with Gasteiger partial charge >= 0.3 is 5.97 Å². The number of halogens is 1. The van der Waals surface area contributed by atoms with E-state index in [1.807, 2.05) is 31.2 Å². The van der Waals surface area contributed by atoms with Crippen LogP contribution in [0, 0.1) is 12.7 Å². The standard InChI is InChI=1S/C18H14FNO2S/c1-11-2-6-13(7-3-11)17-20-15(16(23-17)18(21)22)10-12-4-8-14(19)9-5-12/h2-9H,10H2,1H3,(H,21,22). The third-order valence-electron chi connectivity index (χ3n) is 3.47. The largest absolute Gasteiger partial charge is 0.477 e. The number of nitrogens with zero attached hydrogens (tertiary/aromatic N) is 1. The Labute approximate surface area is 137 Å². The van der Waals surface area contributed by atoms with Gasteiger partial charge in [-0.2, -0.15) is 0 Å². The summed E-state index contributed by atoms with van der Waals surface area (Å²) in [6, 6.07) is 13.8. The van der Waals surface area contributed by atoms with E-state index in [1.165, 1.54) is 12.1 Å². The van der Waals surface area contributed by atoms with Crippen molar-refractivity contribution in [3.05, 3.63) is 76.0 Å². The average molecular weight is 327 g/mol. The zero-order valence-corrected chi connectivity index (χ0v) is 13.2. The SMILES string of the molecule is Cc1ccc(-c2nc(Cc3ccc(F)cc3)c(C(=O)O)s2)cc1. The van der Waals surface area contributed by atoms with E-state index in [0.717, 1.165) is 28.0 Å². The number of aromatic carboxylic acids is 1. The van der Waals surface area contributed by atoms with Crippen molar-refractivity contribution >= 4 is 17.3 Å². The number of benzene rings is 2. The molecule has 1 N–H and O–H groups in total. The summed E-state index contributed by atoms with van der Waals surface area (Å²) in [5.41, 5.74) is 3.36. The molecule has 1 heterocycles. The second kappa shape index (κ2) is 6.30. The first-order valence-electron chi connectivity index (χ1n) is 7.07. The van der Waals surface area contributed by atoms with E-state index in [0.29, 0.717) is 17.1 Å². The number of carboxylic acids is 1. The first-order chi connectivity index (χ1) is 11.0.